The fourth-order valence-corrected chi connectivity index (χ4v) is 1.81. The van der Waals surface area contributed by atoms with Gasteiger partial charge >= 0.3 is 5.63 Å². The first-order chi connectivity index (χ1) is 9.33. The number of fused-ring (bicyclic) bond motifs is 1. The molecule has 0 fully saturated rings. The van der Waals surface area contributed by atoms with Crippen molar-refractivity contribution in [2.75, 3.05) is 0 Å². The van der Waals surface area contributed by atoms with E-state index >= 15 is 0 Å². The van der Waals surface area contributed by atoms with E-state index in [2.05, 4.69) is 11.8 Å². The predicted molar refractivity (Wildman–Crippen MR) is 74.9 cm³/mol. The average molecular weight is 246 g/mol. The normalized spacial score (nSPS) is 9.89. The van der Waals surface area contributed by atoms with Gasteiger partial charge in [0.1, 0.15) is 11.1 Å². The van der Waals surface area contributed by atoms with Crippen LogP contribution in [0.25, 0.3) is 11.0 Å². The molecular formula is C17H10O2. The van der Waals surface area contributed by atoms with Crippen LogP contribution in [0.3, 0.4) is 0 Å². The van der Waals surface area contributed by atoms with Gasteiger partial charge in [-0.05, 0) is 24.3 Å². The fourth-order valence-electron chi connectivity index (χ4n) is 1.81. The summed E-state index contributed by atoms with van der Waals surface area (Å²) in [7, 11) is 0. The SMILES string of the molecule is O=c1oc2ccccc2cc1C#Cc1ccccc1. The third-order valence-electron chi connectivity index (χ3n) is 2.76. The van der Waals surface area contributed by atoms with Gasteiger partial charge in [-0.1, -0.05) is 48.2 Å². The van der Waals surface area contributed by atoms with Crippen molar-refractivity contribution in [2.45, 2.75) is 0 Å². The van der Waals surface area contributed by atoms with Crippen LogP contribution in [0.5, 0.6) is 0 Å². The van der Waals surface area contributed by atoms with Gasteiger partial charge in [0.05, 0.1) is 0 Å². The first kappa shape index (κ1) is 11.3. The van der Waals surface area contributed by atoms with Gasteiger partial charge in [0.25, 0.3) is 0 Å². The van der Waals surface area contributed by atoms with Crippen molar-refractivity contribution >= 4 is 11.0 Å². The fraction of sp³-hybridized carbons (Fsp3) is 0. The first-order valence-corrected chi connectivity index (χ1v) is 5.93. The van der Waals surface area contributed by atoms with Crippen molar-refractivity contribution in [1.82, 2.24) is 0 Å². The Morgan fingerprint density at radius 3 is 2.42 bits per heavy atom. The molecule has 0 bridgehead atoms. The summed E-state index contributed by atoms with van der Waals surface area (Å²) < 4.78 is 5.22. The molecule has 0 aliphatic heterocycles. The molecule has 0 unspecified atom stereocenters. The average Bonchev–Trinajstić information content (AvgIpc) is 2.46. The van der Waals surface area contributed by atoms with Crippen LogP contribution in [0, 0.1) is 11.8 Å². The Balaban J connectivity index is 2.09. The highest BCUT2D eigenvalue weighted by atomic mass is 16.4. The Kier molecular flexibility index (Phi) is 2.88. The molecule has 19 heavy (non-hydrogen) atoms. The Morgan fingerprint density at radius 2 is 1.58 bits per heavy atom. The highest BCUT2D eigenvalue weighted by Gasteiger charge is 2.01. The molecule has 0 amide bonds. The maximum absolute atomic E-state index is 11.8. The van der Waals surface area contributed by atoms with Crippen LogP contribution >= 0.6 is 0 Å². The van der Waals surface area contributed by atoms with Crippen molar-refractivity contribution in [1.29, 1.82) is 0 Å². The number of benzene rings is 2. The number of hydrogen-bond acceptors (Lipinski definition) is 2. The Morgan fingerprint density at radius 1 is 0.842 bits per heavy atom. The Labute approximate surface area is 110 Å². The molecule has 0 saturated carbocycles. The molecule has 0 aliphatic carbocycles. The van der Waals surface area contributed by atoms with Gasteiger partial charge in [-0.15, -0.1) is 0 Å². The molecule has 1 heterocycles. The van der Waals surface area contributed by atoms with Gasteiger partial charge in [-0.3, -0.25) is 0 Å². The largest absolute Gasteiger partial charge is 0.422 e. The zero-order chi connectivity index (χ0) is 13.1. The van der Waals surface area contributed by atoms with Gasteiger partial charge in [-0.2, -0.15) is 0 Å². The van der Waals surface area contributed by atoms with Crippen LogP contribution in [0.15, 0.2) is 69.9 Å². The molecule has 3 rings (SSSR count). The molecule has 2 aromatic carbocycles. The number of hydrogen-bond donors (Lipinski definition) is 0. The van der Waals surface area contributed by atoms with Gasteiger partial charge < -0.3 is 4.42 Å². The second kappa shape index (κ2) is 4.83. The monoisotopic (exact) mass is 246 g/mol. The van der Waals surface area contributed by atoms with E-state index in [1.54, 1.807) is 12.1 Å². The molecule has 1 aromatic heterocycles. The van der Waals surface area contributed by atoms with Crippen LogP contribution in [-0.4, -0.2) is 0 Å². The smallest absolute Gasteiger partial charge is 0.352 e. The van der Waals surface area contributed by atoms with E-state index in [1.165, 1.54) is 0 Å². The van der Waals surface area contributed by atoms with E-state index in [4.69, 9.17) is 4.42 Å². The second-order valence-electron chi connectivity index (χ2n) is 4.10. The third kappa shape index (κ3) is 2.41. The van der Waals surface area contributed by atoms with Gasteiger partial charge in [-0.25, -0.2) is 4.79 Å². The van der Waals surface area contributed by atoms with Gasteiger partial charge in [0.2, 0.25) is 0 Å². The second-order valence-corrected chi connectivity index (χ2v) is 4.10. The molecule has 2 nitrogen and oxygen atoms in total. The maximum atomic E-state index is 11.8. The summed E-state index contributed by atoms with van der Waals surface area (Å²) in [6.45, 7) is 0. The van der Waals surface area contributed by atoms with Crippen LogP contribution in [0.4, 0.5) is 0 Å². The first-order valence-electron chi connectivity index (χ1n) is 5.93. The Bertz CT molecular complexity index is 834. The summed E-state index contributed by atoms with van der Waals surface area (Å²) in [6, 6.07) is 18.7. The highest BCUT2D eigenvalue weighted by molar-refractivity contribution is 5.77. The van der Waals surface area contributed by atoms with Crippen molar-refractivity contribution in [3.63, 3.8) is 0 Å². The number of rotatable bonds is 0. The van der Waals surface area contributed by atoms with Crippen molar-refractivity contribution in [3.05, 3.63) is 82.2 Å². The molecule has 0 spiro atoms. The molecule has 2 heteroatoms. The lowest BCUT2D eigenvalue weighted by atomic mass is 10.1. The van der Waals surface area contributed by atoms with E-state index in [0.717, 1.165) is 10.9 Å². The van der Waals surface area contributed by atoms with Crippen LogP contribution < -0.4 is 5.63 Å². The molecule has 0 atom stereocenters. The topological polar surface area (TPSA) is 30.2 Å². The van der Waals surface area contributed by atoms with Gasteiger partial charge in [0.15, 0.2) is 0 Å². The summed E-state index contributed by atoms with van der Waals surface area (Å²) >= 11 is 0. The zero-order valence-electron chi connectivity index (χ0n) is 10.1. The lowest BCUT2D eigenvalue weighted by molar-refractivity contribution is 0.559. The van der Waals surface area contributed by atoms with Crippen LogP contribution in [-0.2, 0) is 0 Å². The van der Waals surface area contributed by atoms with E-state index < -0.39 is 5.63 Å². The van der Waals surface area contributed by atoms with Crippen LogP contribution in [0.2, 0.25) is 0 Å². The molecule has 0 N–H and O–H groups in total. The lowest BCUT2D eigenvalue weighted by Crippen LogP contribution is -2.03. The standard InChI is InChI=1S/C17H10O2/c18-17-15(11-10-13-6-2-1-3-7-13)12-14-8-4-5-9-16(14)19-17/h1-9,12H. The molecule has 90 valence electrons. The minimum atomic E-state index is -0.401. The van der Waals surface area contributed by atoms with E-state index in [9.17, 15) is 4.79 Å². The molecular weight excluding hydrogens is 236 g/mol. The lowest BCUT2D eigenvalue weighted by Gasteiger charge is -1.95. The van der Waals surface area contributed by atoms with Crippen molar-refractivity contribution in [3.8, 4) is 11.8 Å². The summed E-state index contributed by atoms with van der Waals surface area (Å²) in [6.07, 6.45) is 0. The minimum Gasteiger partial charge on any atom is -0.422 e. The maximum Gasteiger partial charge on any atom is 0.352 e. The number of para-hydroxylation sites is 1. The zero-order valence-corrected chi connectivity index (χ0v) is 10.1. The summed E-state index contributed by atoms with van der Waals surface area (Å²) in [5.74, 6) is 5.82. The highest BCUT2D eigenvalue weighted by Crippen LogP contribution is 2.12. The quantitative estimate of drug-likeness (QED) is 0.450. The molecule has 0 radical (unpaired) electrons. The molecule has 0 saturated heterocycles. The summed E-state index contributed by atoms with van der Waals surface area (Å²) in [5.41, 5.74) is 1.43. The van der Waals surface area contributed by atoms with Gasteiger partial charge in [0, 0.05) is 10.9 Å². The van der Waals surface area contributed by atoms with E-state index in [-0.39, 0.29) is 0 Å². The van der Waals surface area contributed by atoms with Crippen LogP contribution in [0.1, 0.15) is 11.1 Å². The van der Waals surface area contributed by atoms with Crippen molar-refractivity contribution in [2.24, 2.45) is 0 Å². The van der Waals surface area contributed by atoms with E-state index in [0.29, 0.717) is 11.1 Å². The Hall–Kier alpha value is -2.79. The molecule has 3 aromatic rings. The third-order valence-corrected chi connectivity index (χ3v) is 2.76. The minimum absolute atomic E-state index is 0.377. The van der Waals surface area contributed by atoms with Crippen molar-refractivity contribution < 1.29 is 4.42 Å². The van der Waals surface area contributed by atoms with E-state index in [1.807, 2.05) is 48.5 Å². The molecule has 0 aliphatic rings. The summed E-state index contributed by atoms with van der Waals surface area (Å²) in [4.78, 5) is 11.8. The summed E-state index contributed by atoms with van der Waals surface area (Å²) in [5, 5.41) is 0.875. The predicted octanol–water partition coefficient (Wildman–Crippen LogP) is 3.19.